The molecule has 0 unspecified atom stereocenters. The second-order valence-corrected chi connectivity index (χ2v) is 13.0. The molecule has 0 aliphatic carbocycles. The Balaban J connectivity index is 1.29. The molecule has 7 heteroatoms. The van der Waals surface area contributed by atoms with Crippen molar-refractivity contribution in [2.45, 2.75) is 0 Å². The molecule has 0 radical (unpaired) electrons. The average Bonchev–Trinajstić information content (AvgIpc) is 3.29. The van der Waals surface area contributed by atoms with E-state index in [-0.39, 0.29) is 0 Å². The summed E-state index contributed by atoms with van der Waals surface area (Å²) in [6.07, 6.45) is 0. The molecule has 0 spiro atoms. The molecule has 0 saturated carbocycles. The highest BCUT2D eigenvalue weighted by Crippen LogP contribution is 2.43. The van der Waals surface area contributed by atoms with Crippen LogP contribution in [0.4, 0.5) is 5.69 Å². The van der Waals surface area contributed by atoms with E-state index in [0.717, 1.165) is 55.6 Å². The van der Waals surface area contributed by atoms with Crippen LogP contribution in [0.1, 0.15) is 0 Å². The molecular weight excluding hydrogens is 687 g/mol. The van der Waals surface area contributed by atoms with Gasteiger partial charge in [0.05, 0.1) is 6.57 Å². The Kier molecular flexibility index (Phi) is 9.18. The van der Waals surface area contributed by atoms with Gasteiger partial charge in [0.2, 0.25) is 0 Å². The van der Waals surface area contributed by atoms with E-state index in [2.05, 4.69) is 23.0 Å². The van der Waals surface area contributed by atoms with Crippen LogP contribution in [0.25, 0.3) is 95.4 Å². The summed E-state index contributed by atoms with van der Waals surface area (Å²) in [6.45, 7) is 8.06. The Labute approximate surface area is 324 Å². The predicted octanol–water partition coefficient (Wildman–Crippen LogP) is 11.9. The Hall–Kier alpha value is -7.95. The first-order chi connectivity index (χ1) is 27.7. The molecule has 9 aromatic rings. The molecule has 9 rings (SSSR count). The molecule has 56 heavy (non-hydrogen) atoms. The lowest BCUT2D eigenvalue weighted by Crippen LogP contribution is -2.02. The zero-order valence-electron chi connectivity index (χ0n) is 30.0. The van der Waals surface area contributed by atoms with Gasteiger partial charge in [-0.2, -0.15) is 0 Å². The molecule has 0 atom stereocenters. The highest BCUT2D eigenvalue weighted by molar-refractivity contribution is 5.95. The fraction of sp³-hybridized carbons (Fsp3) is 0. The second-order valence-electron chi connectivity index (χ2n) is 13.0. The van der Waals surface area contributed by atoms with Crippen LogP contribution >= 0.6 is 0 Å². The molecule has 2 heterocycles. The van der Waals surface area contributed by atoms with Gasteiger partial charge in [0.1, 0.15) is 0 Å². The molecule has 7 aromatic carbocycles. The maximum atomic E-state index is 8.06. The van der Waals surface area contributed by atoms with Gasteiger partial charge in [-0.1, -0.05) is 182 Å². The summed E-state index contributed by atoms with van der Waals surface area (Å²) < 4.78 is 0. The van der Waals surface area contributed by atoms with E-state index in [1.165, 1.54) is 0 Å². The first kappa shape index (κ1) is 33.9. The van der Waals surface area contributed by atoms with Gasteiger partial charge in [-0.15, -0.1) is 0 Å². The van der Waals surface area contributed by atoms with E-state index in [0.29, 0.717) is 40.6 Å². The molecule has 0 N–H and O–H groups in total. The monoisotopic (exact) mass is 717 g/mol. The Bertz CT molecular complexity index is 2740. The summed E-state index contributed by atoms with van der Waals surface area (Å²) in [4.78, 5) is 34.0. The van der Waals surface area contributed by atoms with Crippen molar-refractivity contribution < 1.29 is 0 Å². The van der Waals surface area contributed by atoms with Crippen LogP contribution in [0.15, 0.2) is 188 Å². The number of hydrogen-bond acceptors (Lipinski definition) is 6. The standard InChI is InChI=1S/C49H31N7/c1-50-43-29-17-16-27-40(43)39-31-30-37(48-53-44(33-18-6-2-7-19-33)51-45(54-48)34-20-8-3-9-21-34)32-42(39)38-26-14-15-28-41(38)49-55-46(35-22-10-4-11-23-35)52-47(56-49)36-24-12-5-13-25-36/h2-32H. The van der Waals surface area contributed by atoms with Crippen molar-refractivity contribution in [2.75, 3.05) is 0 Å². The summed E-state index contributed by atoms with van der Waals surface area (Å²) >= 11 is 0. The van der Waals surface area contributed by atoms with Crippen LogP contribution < -0.4 is 0 Å². The quantitative estimate of drug-likeness (QED) is 0.146. The van der Waals surface area contributed by atoms with Crippen molar-refractivity contribution in [2.24, 2.45) is 0 Å². The maximum absolute atomic E-state index is 8.06. The van der Waals surface area contributed by atoms with E-state index < -0.39 is 0 Å². The fourth-order valence-electron chi connectivity index (χ4n) is 6.72. The van der Waals surface area contributed by atoms with Crippen LogP contribution in [-0.4, -0.2) is 29.9 Å². The highest BCUT2D eigenvalue weighted by atomic mass is 15.0. The molecule has 0 fully saturated rings. The van der Waals surface area contributed by atoms with E-state index >= 15 is 0 Å². The summed E-state index contributed by atoms with van der Waals surface area (Å²) in [5.41, 5.74) is 9.16. The van der Waals surface area contributed by atoms with Gasteiger partial charge in [-0.3, -0.25) is 0 Å². The number of para-hydroxylation sites is 1. The minimum Gasteiger partial charge on any atom is -0.238 e. The zero-order chi connectivity index (χ0) is 37.7. The average molecular weight is 718 g/mol. The van der Waals surface area contributed by atoms with Gasteiger partial charge in [0, 0.05) is 33.4 Å². The molecule has 0 aliphatic heterocycles. The largest absolute Gasteiger partial charge is 0.238 e. The predicted molar refractivity (Wildman–Crippen MR) is 223 cm³/mol. The Morgan fingerprint density at radius 1 is 0.268 bits per heavy atom. The summed E-state index contributed by atoms with van der Waals surface area (Å²) in [5, 5.41) is 0. The van der Waals surface area contributed by atoms with Gasteiger partial charge in [-0.25, -0.2) is 34.7 Å². The number of rotatable bonds is 8. The number of aromatic nitrogens is 6. The Morgan fingerprint density at radius 3 is 1.05 bits per heavy atom. The molecular formula is C49H31N7. The van der Waals surface area contributed by atoms with Crippen molar-refractivity contribution in [1.29, 1.82) is 0 Å². The highest BCUT2D eigenvalue weighted by Gasteiger charge is 2.21. The summed E-state index contributed by atoms with van der Waals surface area (Å²) in [6, 6.07) is 61.8. The third-order valence-corrected chi connectivity index (χ3v) is 9.45. The molecule has 0 aliphatic rings. The first-order valence-electron chi connectivity index (χ1n) is 18.2. The lowest BCUT2D eigenvalue weighted by atomic mass is 9.89. The minimum atomic E-state index is 0.527. The first-order valence-corrected chi connectivity index (χ1v) is 18.2. The smallest absolute Gasteiger partial charge is 0.194 e. The summed E-state index contributed by atoms with van der Waals surface area (Å²) in [7, 11) is 0. The minimum absolute atomic E-state index is 0.527. The number of nitrogens with zero attached hydrogens (tertiary/aromatic N) is 7. The number of hydrogen-bond donors (Lipinski definition) is 0. The second kappa shape index (κ2) is 15.2. The van der Waals surface area contributed by atoms with Crippen LogP contribution in [0, 0.1) is 6.57 Å². The molecule has 0 saturated heterocycles. The van der Waals surface area contributed by atoms with Gasteiger partial charge in [0.25, 0.3) is 0 Å². The van der Waals surface area contributed by atoms with Crippen LogP contribution in [0.2, 0.25) is 0 Å². The zero-order valence-corrected chi connectivity index (χ0v) is 30.0. The topological polar surface area (TPSA) is 81.7 Å². The normalized spacial score (nSPS) is 10.8. The molecule has 262 valence electrons. The van der Waals surface area contributed by atoms with E-state index in [1.807, 2.05) is 170 Å². The third-order valence-electron chi connectivity index (χ3n) is 9.45. The SMILES string of the molecule is [C-]#[N+]c1ccccc1-c1ccc(-c2nc(-c3ccccc3)nc(-c3ccccc3)n2)cc1-c1ccccc1-c1nc(-c2ccccc2)nc(-c2ccccc2)n1. The Morgan fingerprint density at radius 2 is 0.607 bits per heavy atom. The fourth-order valence-corrected chi connectivity index (χ4v) is 6.72. The van der Waals surface area contributed by atoms with Gasteiger partial charge >= 0.3 is 0 Å². The van der Waals surface area contributed by atoms with Crippen molar-refractivity contribution in [3.8, 4) is 90.6 Å². The molecule has 0 bridgehead atoms. The van der Waals surface area contributed by atoms with Crippen LogP contribution in [0.3, 0.4) is 0 Å². The van der Waals surface area contributed by atoms with E-state index in [9.17, 15) is 0 Å². The van der Waals surface area contributed by atoms with Crippen molar-refractivity contribution >= 4 is 5.69 Å². The van der Waals surface area contributed by atoms with E-state index in [4.69, 9.17) is 36.5 Å². The molecule has 7 nitrogen and oxygen atoms in total. The van der Waals surface area contributed by atoms with Gasteiger partial charge in [0.15, 0.2) is 40.6 Å². The number of benzene rings is 7. The maximum Gasteiger partial charge on any atom is 0.194 e. The van der Waals surface area contributed by atoms with Gasteiger partial charge in [-0.05, 0) is 28.3 Å². The third kappa shape index (κ3) is 6.82. The van der Waals surface area contributed by atoms with Crippen molar-refractivity contribution in [3.05, 3.63) is 199 Å². The van der Waals surface area contributed by atoms with Gasteiger partial charge < -0.3 is 0 Å². The molecule has 2 aromatic heterocycles. The van der Waals surface area contributed by atoms with Crippen molar-refractivity contribution in [1.82, 2.24) is 29.9 Å². The lowest BCUT2D eigenvalue weighted by molar-refractivity contribution is 1.07. The lowest BCUT2D eigenvalue weighted by Gasteiger charge is -2.17. The van der Waals surface area contributed by atoms with Crippen molar-refractivity contribution in [3.63, 3.8) is 0 Å². The van der Waals surface area contributed by atoms with E-state index in [1.54, 1.807) is 0 Å². The van der Waals surface area contributed by atoms with Crippen LogP contribution in [-0.2, 0) is 0 Å². The summed E-state index contributed by atoms with van der Waals surface area (Å²) in [5.74, 6) is 3.35. The van der Waals surface area contributed by atoms with Crippen LogP contribution in [0.5, 0.6) is 0 Å². The molecule has 0 amide bonds.